The van der Waals surface area contributed by atoms with E-state index >= 15 is 0 Å². The summed E-state index contributed by atoms with van der Waals surface area (Å²) in [5, 5.41) is 2.03. The Labute approximate surface area is 85.1 Å². The molecule has 1 aliphatic heterocycles. The number of hydrogen-bond donors (Lipinski definition) is 1. The molecule has 2 amide bonds. The van der Waals surface area contributed by atoms with E-state index in [0.29, 0.717) is 0 Å². The minimum atomic E-state index is -5.14. The molecule has 16 heavy (non-hydrogen) atoms. The molecule has 0 aromatic carbocycles. The predicted molar refractivity (Wildman–Crippen MR) is 39.0 cm³/mol. The normalized spacial score (nSPS) is 15.6. The van der Waals surface area contributed by atoms with E-state index in [-0.39, 0.29) is 11.8 Å². The van der Waals surface area contributed by atoms with Crippen LogP contribution in [0, 0.1) is 0 Å². The van der Waals surface area contributed by atoms with E-state index in [4.69, 9.17) is 0 Å². The Hall–Kier alpha value is -1.54. The van der Waals surface area contributed by atoms with Crippen molar-refractivity contribution >= 4 is 11.8 Å². The van der Waals surface area contributed by atoms with Gasteiger partial charge in [-0.3, -0.25) is 14.9 Å². The summed E-state index contributed by atoms with van der Waals surface area (Å²) in [6.45, 7) is 0. The second-order valence-electron chi connectivity index (χ2n) is 2.59. The zero-order valence-corrected chi connectivity index (χ0v) is 7.45. The summed E-state index contributed by atoms with van der Waals surface area (Å²) in [5.41, 5.74) is 0. The predicted octanol–water partition coefficient (Wildman–Crippen LogP) is 1.70. The summed E-state index contributed by atoms with van der Waals surface area (Å²) in [5.74, 6) is -0.657. The third-order valence-electron chi connectivity index (χ3n) is 1.03. The third kappa shape index (κ3) is 9.03. The Morgan fingerprint density at radius 1 is 0.875 bits per heavy atom. The van der Waals surface area contributed by atoms with Gasteiger partial charge in [0.2, 0.25) is 0 Å². The smallest absolute Gasteiger partial charge is 0.289 e. The quantitative estimate of drug-likeness (QED) is 0.524. The molecule has 0 fully saturated rings. The number of imide groups is 1. The number of carbonyl (C=O) groups is 2. The molecule has 0 saturated heterocycles. The number of hydrogen-bond acceptors (Lipinski definition) is 2. The number of halogens is 6. The third-order valence-corrected chi connectivity index (χ3v) is 1.03. The minimum Gasteiger partial charge on any atom is -0.289 e. The number of rotatable bonds is 0. The Bertz CT molecular complexity index is 275. The van der Waals surface area contributed by atoms with Crippen LogP contribution in [0.1, 0.15) is 6.42 Å². The molecule has 92 valence electrons. The van der Waals surface area contributed by atoms with Crippen molar-refractivity contribution in [2.45, 2.75) is 18.8 Å². The fraction of sp³-hybridized carbons (Fsp3) is 0.429. The van der Waals surface area contributed by atoms with E-state index in [0.717, 1.165) is 0 Å². The molecule has 0 spiro atoms. The first-order chi connectivity index (χ1) is 6.99. The van der Waals surface area contributed by atoms with Crippen molar-refractivity contribution in [1.29, 1.82) is 0 Å². The topological polar surface area (TPSA) is 46.2 Å². The Morgan fingerprint density at radius 3 is 1.25 bits per heavy atom. The Morgan fingerprint density at radius 2 is 1.19 bits per heavy atom. The minimum absolute atomic E-state index is 0.329. The van der Waals surface area contributed by atoms with Crippen molar-refractivity contribution in [3.05, 3.63) is 12.2 Å². The van der Waals surface area contributed by atoms with Crippen LogP contribution < -0.4 is 5.32 Å². The van der Waals surface area contributed by atoms with Gasteiger partial charge in [0.25, 0.3) is 11.8 Å². The van der Waals surface area contributed by atoms with Gasteiger partial charge in [-0.05, 0) is 0 Å². The van der Waals surface area contributed by atoms with Crippen molar-refractivity contribution in [3.8, 4) is 0 Å². The molecule has 0 bridgehead atoms. The van der Waals surface area contributed by atoms with Gasteiger partial charge in [0.15, 0.2) is 0 Å². The highest BCUT2D eigenvalue weighted by Gasteiger charge is 2.43. The lowest BCUT2D eigenvalue weighted by molar-refractivity contribution is -0.232. The van der Waals surface area contributed by atoms with Crippen molar-refractivity contribution in [3.63, 3.8) is 0 Å². The van der Waals surface area contributed by atoms with Crippen LogP contribution in [0.3, 0.4) is 0 Å². The molecule has 9 heteroatoms. The van der Waals surface area contributed by atoms with Crippen molar-refractivity contribution in [2.75, 3.05) is 0 Å². The van der Waals surface area contributed by atoms with Crippen molar-refractivity contribution < 1.29 is 35.9 Å². The monoisotopic (exact) mass is 249 g/mol. The van der Waals surface area contributed by atoms with Gasteiger partial charge < -0.3 is 0 Å². The maximum Gasteiger partial charge on any atom is 0.397 e. The van der Waals surface area contributed by atoms with Crippen molar-refractivity contribution in [1.82, 2.24) is 5.32 Å². The lowest BCUT2D eigenvalue weighted by Gasteiger charge is -2.08. The van der Waals surface area contributed by atoms with E-state index in [9.17, 15) is 35.9 Å². The van der Waals surface area contributed by atoms with Crippen LogP contribution in [0.5, 0.6) is 0 Å². The molecule has 0 unspecified atom stereocenters. The van der Waals surface area contributed by atoms with Crippen molar-refractivity contribution in [2.24, 2.45) is 0 Å². The first-order valence-corrected chi connectivity index (χ1v) is 3.66. The van der Waals surface area contributed by atoms with Crippen LogP contribution in [0.25, 0.3) is 0 Å². The van der Waals surface area contributed by atoms with Crippen LogP contribution in [0.15, 0.2) is 12.2 Å². The van der Waals surface area contributed by atoms with Gasteiger partial charge in [-0.1, -0.05) is 0 Å². The highest BCUT2D eigenvalue weighted by atomic mass is 19.4. The first kappa shape index (κ1) is 14.5. The fourth-order valence-corrected chi connectivity index (χ4v) is 0.583. The molecule has 0 atom stereocenters. The Kier molecular flexibility index (Phi) is 4.51. The number of nitrogens with one attached hydrogen (secondary N) is 1. The van der Waals surface area contributed by atoms with Gasteiger partial charge in [-0.15, -0.1) is 0 Å². The zero-order chi connectivity index (χ0) is 13.0. The van der Waals surface area contributed by atoms with Crippen LogP contribution in [-0.2, 0) is 9.59 Å². The molecule has 0 aliphatic carbocycles. The molecule has 1 N–H and O–H groups in total. The van der Waals surface area contributed by atoms with E-state index in [1.165, 1.54) is 12.2 Å². The van der Waals surface area contributed by atoms with E-state index in [1.807, 2.05) is 5.32 Å². The van der Waals surface area contributed by atoms with Gasteiger partial charge in [0.05, 0.1) is 0 Å². The summed E-state index contributed by atoms with van der Waals surface area (Å²) in [4.78, 5) is 20.1. The number of amides is 2. The maximum absolute atomic E-state index is 10.8. The van der Waals surface area contributed by atoms with E-state index in [1.54, 1.807) is 0 Å². The summed E-state index contributed by atoms with van der Waals surface area (Å²) >= 11 is 0. The van der Waals surface area contributed by atoms with Crippen LogP contribution in [0.2, 0.25) is 0 Å². The van der Waals surface area contributed by atoms with Gasteiger partial charge in [0, 0.05) is 12.2 Å². The van der Waals surface area contributed by atoms with E-state index < -0.39 is 18.8 Å². The molecule has 1 aliphatic rings. The second-order valence-corrected chi connectivity index (χ2v) is 2.59. The number of alkyl halides is 6. The maximum atomic E-state index is 10.8. The largest absolute Gasteiger partial charge is 0.397 e. The molecular formula is C7H5F6NO2. The van der Waals surface area contributed by atoms with Gasteiger partial charge in [0.1, 0.15) is 6.42 Å². The standard InChI is InChI=1S/C4H3NO2.C3H2F6/c6-3-1-2-4(7)5-3;4-2(5,6)1-3(7,8)9/h1-2H,(H,5,6,7);1H2. The van der Waals surface area contributed by atoms with Crippen LogP contribution in [-0.4, -0.2) is 24.2 Å². The van der Waals surface area contributed by atoms with Gasteiger partial charge in [-0.2, -0.15) is 26.3 Å². The number of carbonyl (C=O) groups excluding carboxylic acids is 2. The SMILES string of the molecule is FC(F)(F)CC(F)(F)F.O=C1C=CC(=O)N1. The molecule has 3 nitrogen and oxygen atoms in total. The molecule has 0 aromatic rings. The average Bonchev–Trinajstić information content (AvgIpc) is 2.26. The molecule has 0 saturated carbocycles. The highest BCUT2D eigenvalue weighted by Crippen LogP contribution is 2.31. The molecular weight excluding hydrogens is 244 g/mol. The fourth-order valence-electron chi connectivity index (χ4n) is 0.583. The highest BCUT2D eigenvalue weighted by molar-refractivity contribution is 6.12. The zero-order valence-electron chi connectivity index (χ0n) is 7.45. The average molecular weight is 249 g/mol. The van der Waals surface area contributed by atoms with E-state index in [2.05, 4.69) is 0 Å². The van der Waals surface area contributed by atoms with Gasteiger partial charge >= 0.3 is 12.4 Å². The first-order valence-electron chi connectivity index (χ1n) is 3.66. The Balaban J connectivity index is 0.000000288. The molecule has 0 aromatic heterocycles. The second kappa shape index (κ2) is 4.99. The summed E-state index contributed by atoms with van der Waals surface area (Å²) in [7, 11) is 0. The van der Waals surface area contributed by atoms with Crippen LogP contribution >= 0.6 is 0 Å². The summed E-state index contributed by atoms with van der Waals surface area (Å²) < 4.78 is 65.0. The molecule has 0 radical (unpaired) electrons. The molecule has 1 heterocycles. The summed E-state index contributed by atoms with van der Waals surface area (Å²) in [6.07, 6.45) is -10.6. The lowest BCUT2D eigenvalue weighted by atomic mass is 10.4. The lowest BCUT2D eigenvalue weighted by Crippen LogP contribution is -2.20. The summed E-state index contributed by atoms with van der Waals surface area (Å²) in [6, 6.07) is 0. The van der Waals surface area contributed by atoms with Crippen LogP contribution in [0.4, 0.5) is 26.3 Å². The van der Waals surface area contributed by atoms with Gasteiger partial charge in [-0.25, -0.2) is 0 Å². The molecule has 1 rings (SSSR count).